The Morgan fingerprint density at radius 1 is 0.264 bits per heavy atom. The summed E-state index contributed by atoms with van der Waals surface area (Å²) >= 11 is 0. The number of furan rings is 2. The zero-order chi connectivity index (χ0) is 48.5. The molecule has 3 heteroatoms. The van der Waals surface area contributed by atoms with Crippen LogP contribution in [-0.2, 0) is 0 Å². The average Bonchev–Trinajstić information content (AvgIpc) is 4.12. The van der Waals surface area contributed by atoms with E-state index in [9.17, 15) is 0 Å². The fourth-order valence-electron chi connectivity index (χ4n) is 9.99. The summed E-state index contributed by atoms with van der Waals surface area (Å²) in [6.45, 7) is 6.34. The summed E-state index contributed by atoms with van der Waals surface area (Å²) in [4.78, 5) is 0. The Balaban J connectivity index is 0.000000116. The van der Waals surface area contributed by atoms with Crippen LogP contribution in [0.3, 0.4) is 0 Å². The van der Waals surface area contributed by atoms with Crippen LogP contribution in [0.1, 0.15) is 16.7 Å². The molecule has 0 aliphatic carbocycles. The molecule has 3 nitrogen and oxygen atoms in total. The molecule has 11 aromatic carbocycles. The van der Waals surface area contributed by atoms with E-state index in [1.165, 1.54) is 105 Å². The molecule has 0 fully saturated rings. The third kappa shape index (κ3) is 8.52. The van der Waals surface area contributed by atoms with Crippen molar-refractivity contribution in [3.8, 4) is 50.2 Å². The lowest BCUT2D eigenvalue weighted by Crippen LogP contribution is -1.94. The average molecular weight is 926 g/mol. The smallest absolute Gasteiger partial charge is 0.143 e. The fraction of sp³-hybridized carbons (Fsp3) is 0.0435. The summed E-state index contributed by atoms with van der Waals surface area (Å²) in [5, 5.41) is 7.27. The van der Waals surface area contributed by atoms with Gasteiger partial charge in [-0.3, -0.25) is 0 Å². The lowest BCUT2D eigenvalue weighted by molar-refractivity contribution is 0.669. The Morgan fingerprint density at radius 3 is 1.39 bits per heavy atom. The number of aryl methyl sites for hydroxylation is 3. The summed E-state index contributed by atoms with van der Waals surface area (Å²) in [7, 11) is 0. The lowest BCUT2D eigenvalue weighted by Gasteiger charge is -2.11. The number of fused-ring (bicyclic) bond motifs is 9. The first-order valence-electron chi connectivity index (χ1n) is 24.6. The second kappa shape index (κ2) is 19.0. The molecule has 0 spiro atoms. The number of hydrogen-bond acceptors (Lipinski definition) is 2. The minimum atomic E-state index is 0.946. The Labute approximate surface area is 419 Å². The number of hydrogen-bond donors (Lipinski definition) is 0. The van der Waals surface area contributed by atoms with E-state index >= 15 is 0 Å². The van der Waals surface area contributed by atoms with Crippen LogP contribution in [-0.4, -0.2) is 4.57 Å². The minimum Gasteiger partial charge on any atom is -0.456 e. The standard InChI is InChI=1S/C31H23N.2C19H14O/c1-22-14-16-24(17-15-22)26-18-19-31-29(21-26)28-12-5-6-13-30(28)32(31)27-11-7-10-25(20-27)23-8-3-2-4-9-23;1-13-9-11-14(12-10-13)15-6-4-7-17-16-5-2-3-8-18(16)20-19(15)17;1-13-6-8-14(9-7-13)15-10-11-19-17(12-15)16-4-2-3-5-18(16)20-19/h2-21H,1H3;2*2-12H,1H3. The van der Waals surface area contributed by atoms with E-state index in [2.05, 4.69) is 256 Å². The van der Waals surface area contributed by atoms with Crippen LogP contribution in [0.15, 0.2) is 264 Å². The number of para-hydroxylation sites is 4. The first-order valence-corrected chi connectivity index (χ1v) is 24.6. The van der Waals surface area contributed by atoms with Gasteiger partial charge < -0.3 is 13.4 Å². The van der Waals surface area contributed by atoms with Gasteiger partial charge in [0.1, 0.15) is 22.3 Å². The van der Waals surface area contributed by atoms with Crippen molar-refractivity contribution >= 4 is 65.7 Å². The molecule has 0 amide bonds. The Bertz CT molecular complexity index is 4200. The Morgan fingerprint density at radius 2 is 0.708 bits per heavy atom. The van der Waals surface area contributed by atoms with Crippen LogP contribution in [0.4, 0.5) is 0 Å². The summed E-state index contributed by atoms with van der Waals surface area (Å²) in [5.41, 5.74) is 21.1. The van der Waals surface area contributed by atoms with Gasteiger partial charge in [0.15, 0.2) is 0 Å². The van der Waals surface area contributed by atoms with Crippen LogP contribution in [0.25, 0.3) is 116 Å². The van der Waals surface area contributed by atoms with Crippen molar-refractivity contribution in [2.45, 2.75) is 20.8 Å². The van der Waals surface area contributed by atoms with E-state index in [1.54, 1.807) is 0 Å². The molecule has 0 saturated carbocycles. The van der Waals surface area contributed by atoms with Crippen molar-refractivity contribution in [1.82, 2.24) is 4.57 Å². The molecule has 3 aromatic heterocycles. The summed E-state index contributed by atoms with van der Waals surface area (Å²) in [6, 6.07) is 90.0. The maximum absolute atomic E-state index is 6.07. The van der Waals surface area contributed by atoms with E-state index in [4.69, 9.17) is 8.83 Å². The highest BCUT2D eigenvalue weighted by Crippen LogP contribution is 2.38. The molecule has 0 N–H and O–H groups in total. The Kier molecular flexibility index (Phi) is 11.6. The monoisotopic (exact) mass is 925 g/mol. The second-order valence-electron chi connectivity index (χ2n) is 18.7. The van der Waals surface area contributed by atoms with Gasteiger partial charge in [-0.15, -0.1) is 0 Å². The minimum absolute atomic E-state index is 0.946. The van der Waals surface area contributed by atoms with Crippen molar-refractivity contribution in [1.29, 1.82) is 0 Å². The molecule has 344 valence electrons. The molecule has 0 saturated heterocycles. The third-order valence-corrected chi connectivity index (χ3v) is 13.8. The van der Waals surface area contributed by atoms with E-state index in [0.717, 1.165) is 27.9 Å². The molecule has 3 heterocycles. The van der Waals surface area contributed by atoms with Gasteiger partial charge in [0.05, 0.1) is 11.0 Å². The van der Waals surface area contributed by atoms with Crippen molar-refractivity contribution < 1.29 is 8.83 Å². The molecule has 14 rings (SSSR count). The number of rotatable bonds is 5. The van der Waals surface area contributed by atoms with Crippen molar-refractivity contribution in [3.05, 3.63) is 271 Å². The van der Waals surface area contributed by atoms with Crippen LogP contribution in [0.2, 0.25) is 0 Å². The predicted molar refractivity (Wildman–Crippen MR) is 304 cm³/mol. The van der Waals surface area contributed by atoms with Gasteiger partial charge in [0.25, 0.3) is 0 Å². The highest BCUT2D eigenvalue weighted by atomic mass is 16.3. The van der Waals surface area contributed by atoms with E-state index < -0.39 is 0 Å². The van der Waals surface area contributed by atoms with Crippen molar-refractivity contribution in [3.63, 3.8) is 0 Å². The fourth-order valence-corrected chi connectivity index (χ4v) is 9.99. The van der Waals surface area contributed by atoms with Gasteiger partial charge in [-0.25, -0.2) is 0 Å². The summed E-state index contributed by atoms with van der Waals surface area (Å²) in [6.07, 6.45) is 0. The molecule has 14 aromatic rings. The van der Waals surface area contributed by atoms with Gasteiger partial charge in [0.2, 0.25) is 0 Å². The zero-order valence-corrected chi connectivity index (χ0v) is 40.5. The van der Waals surface area contributed by atoms with Gasteiger partial charge >= 0.3 is 0 Å². The molecule has 0 radical (unpaired) electrons. The van der Waals surface area contributed by atoms with Crippen LogP contribution < -0.4 is 0 Å². The van der Waals surface area contributed by atoms with Crippen molar-refractivity contribution in [2.75, 3.05) is 0 Å². The van der Waals surface area contributed by atoms with Gasteiger partial charge in [0, 0.05) is 43.6 Å². The number of aromatic nitrogens is 1. The largest absolute Gasteiger partial charge is 0.456 e. The molecular formula is C69H51NO2. The zero-order valence-electron chi connectivity index (χ0n) is 40.5. The normalized spacial score (nSPS) is 11.3. The molecule has 0 aliphatic rings. The SMILES string of the molecule is Cc1ccc(-c2ccc3c(c2)c2ccccc2n3-c2cccc(-c3ccccc3)c2)cc1.Cc1ccc(-c2ccc3oc4ccccc4c3c2)cc1.Cc1ccc(-c2cccc3c2oc2ccccc23)cc1. The lowest BCUT2D eigenvalue weighted by atomic mass is 10.0. The predicted octanol–water partition coefficient (Wildman–Crippen LogP) is 19.5. The first-order chi connectivity index (χ1) is 35.4. The topological polar surface area (TPSA) is 31.2 Å². The molecule has 0 bridgehead atoms. The van der Waals surface area contributed by atoms with Crippen LogP contribution >= 0.6 is 0 Å². The summed E-state index contributed by atoms with van der Waals surface area (Å²) in [5.74, 6) is 0. The summed E-state index contributed by atoms with van der Waals surface area (Å²) < 4.78 is 14.3. The first kappa shape index (κ1) is 44.1. The van der Waals surface area contributed by atoms with Gasteiger partial charge in [-0.1, -0.05) is 217 Å². The second-order valence-corrected chi connectivity index (χ2v) is 18.7. The van der Waals surface area contributed by atoms with E-state index in [1.807, 2.05) is 24.3 Å². The highest BCUT2D eigenvalue weighted by molar-refractivity contribution is 6.11. The van der Waals surface area contributed by atoms with Crippen molar-refractivity contribution in [2.24, 2.45) is 0 Å². The Hall–Kier alpha value is -9.18. The van der Waals surface area contributed by atoms with E-state index in [-0.39, 0.29) is 0 Å². The molecule has 0 aliphatic heterocycles. The van der Waals surface area contributed by atoms with E-state index in [0.29, 0.717) is 0 Å². The molecule has 0 unspecified atom stereocenters. The van der Waals surface area contributed by atoms with Gasteiger partial charge in [-0.2, -0.15) is 0 Å². The number of nitrogens with zero attached hydrogens (tertiary/aromatic N) is 1. The third-order valence-electron chi connectivity index (χ3n) is 13.8. The highest BCUT2D eigenvalue weighted by Gasteiger charge is 2.15. The molecule has 72 heavy (non-hydrogen) atoms. The van der Waals surface area contributed by atoms with Gasteiger partial charge in [-0.05, 0) is 114 Å². The van der Waals surface area contributed by atoms with Crippen LogP contribution in [0, 0.1) is 20.8 Å². The maximum Gasteiger partial charge on any atom is 0.143 e. The quantitative estimate of drug-likeness (QED) is 0.172. The number of benzene rings is 11. The molecule has 0 atom stereocenters. The van der Waals surface area contributed by atoms with Crippen LogP contribution in [0.5, 0.6) is 0 Å². The maximum atomic E-state index is 6.07. The molecular weight excluding hydrogens is 875 g/mol.